The SMILES string of the molecule is CCCCN(C)c1ncc(-c2ccc(Cc3c[nH]c4ncccc34)c(C)n2)c(OC)n1. The minimum atomic E-state index is 0.538. The van der Waals surface area contributed by atoms with Crippen molar-refractivity contribution in [2.24, 2.45) is 0 Å². The molecule has 31 heavy (non-hydrogen) atoms. The molecule has 7 heteroatoms. The summed E-state index contributed by atoms with van der Waals surface area (Å²) < 4.78 is 5.57. The Bertz CT molecular complexity index is 1190. The minimum absolute atomic E-state index is 0.538. The van der Waals surface area contributed by atoms with Crippen LogP contribution in [0.3, 0.4) is 0 Å². The average Bonchev–Trinajstić information content (AvgIpc) is 3.21. The molecule has 0 saturated heterocycles. The number of aromatic nitrogens is 5. The van der Waals surface area contributed by atoms with Gasteiger partial charge in [0.15, 0.2) is 0 Å². The predicted octanol–water partition coefficient (Wildman–Crippen LogP) is 4.56. The number of anilines is 1. The fraction of sp³-hybridized carbons (Fsp3) is 0.333. The van der Waals surface area contributed by atoms with E-state index in [0.717, 1.165) is 53.8 Å². The molecule has 1 N–H and O–H groups in total. The Morgan fingerprint density at radius 1 is 1.10 bits per heavy atom. The van der Waals surface area contributed by atoms with Crippen molar-refractivity contribution in [3.05, 3.63) is 59.7 Å². The summed E-state index contributed by atoms with van der Waals surface area (Å²) in [6.07, 6.45) is 8.64. The predicted molar refractivity (Wildman–Crippen MR) is 124 cm³/mol. The lowest BCUT2D eigenvalue weighted by Gasteiger charge is -2.18. The molecule has 0 fully saturated rings. The van der Waals surface area contributed by atoms with Crippen LogP contribution < -0.4 is 9.64 Å². The van der Waals surface area contributed by atoms with E-state index in [1.807, 2.05) is 37.2 Å². The second kappa shape index (κ2) is 9.12. The van der Waals surface area contributed by atoms with E-state index in [1.54, 1.807) is 19.5 Å². The van der Waals surface area contributed by atoms with Gasteiger partial charge in [0.25, 0.3) is 0 Å². The minimum Gasteiger partial charge on any atom is -0.480 e. The molecule has 0 aromatic carbocycles. The Balaban J connectivity index is 1.60. The van der Waals surface area contributed by atoms with Crippen molar-refractivity contribution >= 4 is 17.0 Å². The van der Waals surface area contributed by atoms with Crippen LogP contribution in [-0.2, 0) is 6.42 Å². The molecular weight excluding hydrogens is 388 g/mol. The number of aryl methyl sites for hydroxylation is 1. The number of nitrogens with one attached hydrogen (secondary N) is 1. The molecule has 0 saturated carbocycles. The summed E-state index contributed by atoms with van der Waals surface area (Å²) in [6.45, 7) is 5.12. The van der Waals surface area contributed by atoms with Crippen molar-refractivity contribution in [3.63, 3.8) is 0 Å². The van der Waals surface area contributed by atoms with Crippen LogP contribution in [0.4, 0.5) is 5.95 Å². The van der Waals surface area contributed by atoms with Crippen LogP contribution in [0.15, 0.2) is 42.9 Å². The summed E-state index contributed by atoms with van der Waals surface area (Å²) in [5.74, 6) is 1.20. The van der Waals surface area contributed by atoms with Gasteiger partial charge in [0.05, 0.1) is 18.4 Å². The van der Waals surface area contributed by atoms with E-state index in [2.05, 4.69) is 39.0 Å². The molecule has 0 aliphatic rings. The third kappa shape index (κ3) is 4.35. The van der Waals surface area contributed by atoms with Gasteiger partial charge in [0.2, 0.25) is 11.8 Å². The third-order valence-electron chi connectivity index (χ3n) is 5.51. The second-order valence-corrected chi connectivity index (χ2v) is 7.70. The van der Waals surface area contributed by atoms with Gasteiger partial charge in [-0.2, -0.15) is 4.98 Å². The number of nitrogens with zero attached hydrogens (tertiary/aromatic N) is 5. The maximum Gasteiger partial charge on any atom is 0.228 e. The number of aromatic amines is 1. The van der Waals surface area contributed by atoms with Gasteiger partial charge in [-0.05, 0) is 42.7 Å². The van der Waals surface area contributed by atoms with Crippen molar-refractivity contribution in [1.82, 2.24) is 24.9 Å². The van der Waals surface area contributed by atoms with Gasteiger partial charge >= 0.3 is 0 Å². The first-order valence-corrected chi connectivity index (χ1v) is 10.6. The van der Waals surface area contributed by atoms with Crippen LogP contribution in [0.25, 0.3) is 22.3 Å². The van der Waals surface area contributed by atoms with E-state index in [4.69, 9.17) is 9.72 Å². The van der Waals surface area contributed by atoms with Crippen LogP contribution in [0.5, 0.6) is 5.88 Å². The Morgan fingerprint density at radius 2 is 1.97 bits per heavy atom. The molecule has 4 aromatic heterocycles. The van der Waals surface area contributed by atoms with Gasteiger partial charge in [-0.1, -0.05) is 19.4 Å². The zero-order chi connectivity index (χ0) is 21.8. The third-order valence-corrected chi connectivity index (χ3v) is 5.51. The fourth-order valence-electron chi connectivity index (χ4n) is 3.66. The summed E-state index contributed by atoms with van der Waals surface area (Å²) in [5.41, 5.74) is 5.86. The van der Waals surface area contributed by atoms with Crippen LogP contribution in [0.1, 0.15) is 36.6 Å². The smallest absolute Gasteiger partial charge is 0.228 e. The Kier molecular flexibility index (Phi) is 6.11. The molecular formula is C24H28N6O. The van der Waals surface area contributed by atoms with Crippen LogP contribution in [-0.4, -0.2) is 45.6 Å². The second-order valence-electron chi connectivity index (χ2n) is 7.70. The first-order chi connectivity index (χ1) is 15.1. The normalized spacial score (nSPS) is 11.1. The van der Waals surface area contributed by atoms with Gasteiger partial charge in [-0.15, -0.1) is 0 Å². The quantitative estimate of drug-likeness (QED) is 0.454. The van der Waals surface area contributed by atoms with Crippen molar-refractivity contribution in [2.75, 3.05) is 25.6 Å². The topological polar surface area (TPSA) is 79.8 Å². The van der Waals surface area contributed by atoms with E-state index in [1.165, 1.54) is 11.1 Å². The van der Waals surface area contributed by atoms with Crippen LogP contribution in [0.2, 0.25) is 0 Å². The highest BCUT2D eigenvalue weighted by molar-refractivity contribution is 5.80. The molecule has 0 atom stereocenters. The zero-order valence-corrected chi connectivity index (χ0v) is 18.5. The van der Waals surface area contributed by atoms with Crippen LogP contribution >= 0.6 is 0 Å². The monoisotopic (exact) mass is 416 g/mol. The van der Waals surface area contributed by atoms with Crippen molar-refractivity contribution < 1.29 is 4.74 Å². The summed E-state index contributed by atoms with van der Waals surface area (Å²) in [6, 6.07) is 8.18. The summed E-state index contributed by atoms with van der Waals surface area (Å²) in [5, 5.41) is 1.14. The zero-order valence-electron chi connectivity index (χ0n) is 18.5. The molecule has 4 rings (SSSR count). The Morgan fingerprint density at radius 3 is 2.74 bits per heavy atom. The Labute approximate surface area is 182 Å². The van der Waals surface area contributed by atoms with Crippen molar-refractivity contribution in [3.8, 4) is 17.1 Å². The van der Waals surface area contributed by atoms with Crippen molar-refractivity contribution in [1.29, 1.82) is 0 Å². The van der Waals surface area contributed by atoms with Crippen molar-refractivity contribution in [2.45, 2.75) is 33.1 Å². The first-order valence-electron chi connectivity index (χ1n) is 10.6. The lowest BCUT2D eigenvalue weighted by atomic mass is 10.0. The lowest BCUT2D eigenvalue weighted by Crippen LogP contribution is -2.21. The molecule has 160 valence electrons. The molecule has 0 bridgehead atoms. The number of pyridine rings is 2. The number of methoxy groups -OCH3 is 1. The van der Waals surface area contributed by atoms with E-state index in [0.29, 0.717) is 11.8 Å². The summed E-state index contributed by atoms with van der Waals surface area (Å²) in [7, 11) is 3.63. The van der Waals surface area contributed by atoms with Gasteiger partial charge in [0.1, 0.15) is 5.65 Å². The van der Waals surface area contributed by atoms with Gasteiger partial charge in [-0.3, -0.25) is 4.98 Å². The summed E-state index contributed by atoms with van der Waals surface area (Å²) in [4.78, 5) is 23.7. The van der Waals surface area contributed by atoms with E-state index < -0.39 is 0 Å². The molecule has 0 spiro atoms. The van der Waals surface area contributed by atoms with Gasteiger partial charge in [-0.25, -0.2) is 9.97 Å². The number of hydrogen-bond donors (Lipinski definition) is 1. The first kappa shape index (κ1) is 20.8. The molecule has 0 unspecified atom stereocenters. The molecule has 4 heterocycles. The average molecular weight is 417 g/mol. The maximum atomic E-state index is 5.57. The number of rotatable bonds is 8. The van der Waals surface area contributed by atoms with E-state index >= 15 is 0 Å². The van der Waals surface area contributed by atoms with Gasteiger partial charge in [0, 0.05) is 49.7 Å². The highest BCUT2D eigenvalue weighted by Gasteiger charge is 2.15. The summed E-state index contributed by atoms with van der Waals surface area (Å²) >= 11 is 0. The standard InChI is InChI=1S/C24H28N6O/c1-5-6-12-30(3)24-27-15-20(23(29-24)31-4)21-10-9-17(16(2)28-21)13-18-14-26-22-19(18)8-7-11-25-22/h7-11,14-15H,5-6,12-13H2,1-4H3,(H,25,26). The van der Waals surface area contributed by atoms with E-state index in [-0.39, 0.29) is 0 Å². The number of fused-ring (bicyclic) bond motifs is 1. The number of hydrogen-bond acceptors (Lipinski definition) is 6. The number of H-pyrrole nitrogens is 1. The molecule has 0 radical (unpaired) electrons. The highest BCUT2D eigenvalue weighted by Crippen LogP contribution is 2.29. The number of unbranched alkanes of at least 4 members (excludes halogenated alkanes) is 1. The van der Waals surface area contributed by atoms with E-state index in [9.17, 15) is 0 Å². The van der Waals surface area contributed by atoms with Gasteiger partial charge < -0.3 is 14.6 Å². The Hall–Kier alpha value is -3.48. The molecule has 0 aliphatic heterocycles. The largest absolute Gasteiger partial charge is 0.480 e. The maximum absolute atomic E-state index is 5.57. The lowest BCUT2D eigenvalue weighted by molar-refractivity contribution is 0.398. The number of ether oxygens (including phenoxy) is 1. The molecule has 7 nitrogen and oxygen atoms in total. The fourth-order valence-corrected chi connectivity index (χ4v) is 3.66. The highest BCUT2D eigenvalue weighted by atomic mass is 16.5. The molecule has 0 aliphatic carbocycles. The van der Waals surface area contributed by atoms with Crippen LogP contribution in [0, 0.1) is 6.92 Å². The molecule has 4 aromatic rings. The molecule has 0 amide bonds.